The van der Waals surface area contributed by atoms with E-state index in [0.717, 1.165) is 79.1 Å². The maximum atomic E-state index is 13.7. The molecule has 4 fully saturated rings. The van der Waals surface area contributed by atoms with E-state index in [1.165, 1.54) is 9.80 Å². The quantitative estimate of drug-likeness (QED) is 0.286. The van der Waals surface area contributed by atoms with Gasteiger partial charge in [-0.15, -0.1) is 23.5 Å². The molecule has 0 atom stereocenters. The SMILES string of the molecule is CCCCN1C(=O)C(=C2SCCCS2)C(=O)N(C2CCC3(CC2)CC(N(C)C(=O)OCc2ccccc2)C3)C1=O. The molecule has 1 aromatic rings. The smallest absolute Gasteiger partial charge is 0.410 e. The summed E-state index contributed by atoms with van der Waals surface area (Å²) in [5.41, 5.74) is 1.29. The van der Waals surface area contributed by atoms with E-state index in [9.17, 15) is 19.2 Å². The van der Waals surface area contributed by atoms with Crippen LogP contribution < -0.4 is 0 Å². The Labute approximate surface area is 245 Å². The van der Waals surface area contributed by atoms with Crippen molar-refractivity contribution in [2.45, 2.75) is 83.4 Å². The molecule has 5 rings (SSSR count). The summed E-state index contributed by atoms with van der Waals surface area (Å²) in [6.45, 7) is 2.63. The Hall–Kier alpha value is -2.46. The number of hydrogen-bond donors (Lipinski definition) is 0. The average molecular weight is 586 g/mol. The van der Waals surface area contributed by atoms with E-state index in [0.29, 0.717) is 6.54 Å². The minimum absolute atomic E-state index is 0.130. The van der Waals surface area contributed by atoms with Gasteiger partial charge in [-0.05, 0) is 73.9 Å². The van der Waals surface area contributed by atoms with Crippen molar-refractivity contribution in [1.82, 2.24) is 14.7 Å². The van der Waals surface area contributed by atoms with Crippen molar-refractivity contribution >= 4 is 47.5 Å². The Kier molecular flexibility index (Phi) is 9.14. The van der Waals surface area contributed by atoms with Gasteiger partial charge in [-0.3, -0.25) is 19.4 Å². The summed E-state index contributed by atoms with van der Waals surface area (Å²) in [7, 11) is 1.81. The molecule has 4 aliphatic rings. The zero-order valence-corrected chi connectivity index (χ0v) is 25.1. The second-order valence-electron chi connectivity index (χ2n) is 11.4. The van der Waals surface area contributed by atoms with Gasteiger partial charge in [-0.2, -0.15) is 0 Å². The number of unbranched alkanes of at least 4 members (excludes halogenated alkanes) is 1. The van der Waals surface area contributed by atoms with E-state index in [1.807, 2.05) is 37.3 Å². The number of carbonyl (C=O) groups excluding carboxylic acids is 4. The van der Waals surface area contributed by atoms with Gasteiger partial charge in [0.25, 0.3) is 11.8 Å². The van der Waals surface area contributed by atoms with Gasteiger partial charge in [0, 0.05) is 25.7 Å². The van der Waals surface area contributed by atoms with Gasteiger partial charge < -0.3 is 9.64 Å². The first-order valence-corrected chi connectivity index (χ1v) is 16.4. The average Bonchev–Trinajstić information content (AvgIpc) is 2.96. The molecular formula is C30H39N3O5S2. The van der Waals surface area contributed by atoms with Gasteiger partial charge in [0.15, 0.2) is 0 Å². The van der Waals surface area contributed by atoms with Crippen LogP contribution in [0.15, 0.2) is 40.1 Å². The molecule has 10 heteroatoms. The Balaban J connectivity index is 1.20. The van der Waals surface area contributed by atoms with E-state index in [4.69, 9.17) is 4.74 Å². The summed E-state index contributed by atoms with van der Waals surface area (Å²) in [5.74, 6) is 0.939. The second kappa shape index (κ2) is 12.6. The van der Waals surface area contributed by atoms with Crippen LogP contribution in [0.25, 0.3) is 0 Å². The predicted molar refractivity (Wildman–Crippen MR) is 158 cm³/mol. The molecule has 0 bridgehead atoms. The molecule has 1 aromatic carbocycles. The number of rotatable bonds is 7. The second-order valence-corrected chi connectivity index (χ2v) is 13.9. The van der Waals surface area contributed by atoms with Crippen molar-refractivity contribution in [2.24, 2.45) is 5.41 Å². The minimum atomic E-state index is -0.452. The largest absolute Gasteiger partial charge is 0.445 e. The topological polar surface area (TPSA) is 87.2 Å². The van der Waals surface area contributed by atoms with Crippen molar-refractivity contribution in [2.75, 3.05) is 25.1 Å². The molecule has 2 saturated carbocycles. The normalized spacial score (nSPS) is 27.2. The van der Waals surface area contributed by atoms with Crippen LogP contribution in [0, 0.1) is 5.41 Å². The third-order valence-corrected chi connectivity index (χ3v) is 11.4. The van der Waals surface area contributed by atoms with Gasteiger partial charge in [0.2, 0.25) is 0 Å². The van der Waals surface area contributed by atoms with Gasteiger partial charge in [0.1, 0.15) is 12.2 Å². The molecule has 2 saturated heterocycles. The molecule has 2 aliphatic heterocycles. The third-order valence-electron chi connectivity index (χ3n) is 8.78. The number of nitrogens with zero attached hydrogens (tertiary/aromatic N) is 3. The first kappa shape index (κ1) is 29.0. The van der Waals surface area contributed by atoms with E-state index >= 15 is 0 Å². The van der Waals surface area contributed by atoms with E-state index in [2.05, 4.69) is 0 Å². The fourth-order valence-electron chi connectivity index (χ4n) is 6.30. The number of hydrogen-bond acceptors (Lipinski definition) is 7. The van der Waals surface area contributed by atoms with Crippen molar-refractivity contribution in [1.29, 1.82) is 0 Å². The molecule has 1 spiro atoms. The Morgan fingerprint density at radius 2 is 1.73 bits per heavy atom. The lowest BCUT2D eigenvalue weighted by Crippen LogP contribution is -2.61. The number of barbiturate groups is 1. The van der Waals surface area contributed by atoms with Crippen molar-refractivity contribution in [3.8, 4) is 0 Å². The highest BCUT2D eigenvalue weighted by atomic mass is 32.2. The molecule has 5 amide bonds. The number of ether oxygens (including phenoxy) is 1. The summed E-state index contributed by atoms with van der Waals surface area (Å²) < 4.78 is 6.29. The number of urea groups is 1. The van der Waals surface area contributed by atoms with Crippen LogP contribution in [0.4, 0.5) is 9.59 Å². The summed E-state index contributed by atoms with van der Waals surface area (Å²) in [4.78, 5) is 57.6. The third kappa shape index (κ3) is 5.93. The van der Waals surface area contributed by atoms with Crippen molar-refractivity contribution in [3.05, 3.63) is 45.7 Å². The number of carbonyl (C=O) groups is 4. The molecule has 0 radical (unpaired) electrons. The first-order chi connectivity index (χ1) is 19.3. The van der Waals surface area contributed by atoms with Gasteiger partial charge in [-0.25, -0.2) is 9.59 Å². The predicted octanol–water partition coefficient (Wildman–Crippen LogP) is 6.02. The Bertz CT molecular complexity index is 1150. The van der Waals surface area contributed by atoms with E-state index in [1.54, 1.807) is 35.5 Å². The lowest BCUT2D eigenvalue weighted by Gasteiger charge is -2.54. The van der Waals surface area contributed by atoms with E-state index < -0.39 is 17.8 Å². The zero-order valence-electron chi connectivity index (χ0n) is 23.4. The molecule has 216 valence electrons. The van der Waals surface area contributed by atoms with Crippen LogP contribution >= 0.6 is 23.5 Å². The summed E-state index contributed by atoms with van der Waals surface area (Å²) in [6, 6.07) is 9.14. The molecule has 2 heterocycles. The molecule has 0 N–H and O–H groups in total. The van der Waals surface area contributed by atoms with Gasteiger partial charge in [-0.1, -0.05) is 43.7 Å². The van der Waals surface area contributed by atoms with Crippen LogP contribution in [0.3, 0.4) is 0 Å². The number of benzene rings is 1. The molecule has 8 nitrogen and oxygen atoms in total. The molecule has 0 aromatic heterocycles. The fraction of sp³-hybridized carbons (Fsp3) is 0.600. The van der Waals surface area contributed by atoms with Gasteiger partial charge in [0.05, 0.1) is 4.24 Å². The van der Waals surface area contributed by atoms with Crippen LogP contribution in [0.1, 0.15) is 70.3 Å². The number of amides is 5. The van der Waals surface area contributed by atoms with Crippen LogP contribution in [-0.2, 0) is 20.9 Å². The lowest BCUT2D eigenvalue weighted by atomic mass is 9.57. The standard InChI is InChI=1S/C30H39N3O5S2/c1-3-4-15-32-25(34)24(27-39-16-8-17-40-27)26(35)33(28(32)36)22-11-13-30(14-12-22)18-23(19-30)31(2)29(37)38-20-21-9-6-5-7-10-21/h5-7,9-10,22-23H,3-4,8,11-20H2,1-2H3. The minimum Gasteiger partial charge on any atom is -0.445 e. The lowest BCUT2D eigenvalue weighted by molar-refractivity contribution is -0.138. The summed E-state index contributed by atoms with van der Waals surface area (Å²) in [5, 5.41) is 0. The van der Waals surface area contributed by atoms with Crippen molar-refractivity contribution in [3.63, 3.8) is 0 Å². The maximum Gasteiger partial charge on any atom is 0.410 e. The number of imide groups is 2. The highest BCUT2D eigenvalue weighted by molar-refractivity contribution is 8.22. The number of thioether (sulfide) groups is 2. The summed E-state index contributed by atoms with van der Waals surface area (Å²) in [6.07, 6.45) is 7.38. The van der Waals surface area contributed by atoms with Crippen molar-refractivity contribution < 1.29 is 23.9 Å². The maximum absolute atomic E-state index is 13.7. The zero-order chi connectivity index (χ0) is 28.3. The highest BCUT2D eigenvalue weighted by Gasteiger charge is 2.52. The first-order valence-electron chi connectivity index (χ1n) is 14.5. The summed E-state index contributed by atoms with van der Waals surface area (Å²) >= 11 is 3.13. The molecular weight excluding hydrogens is 546 g/mol. The fourth-order valence-corrected chi connectivity index (χ4v) is 8.90. The Morgan fingerprint density at radius 1 is 1.05 bits per heavy atom. The van der Waals surface area contributed by atoms with Crippen LogP contribution in [0.2, 0.25) is 0 Å². The van der Waals surface area contributed by atoms with Crippen LogP contribution in [0.5, 0.6) is 0 Å². The van der Waals surface area contributed by atoms with E-state index in [-0.39, 0.29) is 35.8 Å². The monoisotopic (exact) mass is 585 g/mol. The molecule has 2 aliphatic carbocycles. The van der Waals surface area contributed by atoms with Gasteiger partial charge >= 0.3 is 12.1 Å². The van der Waals surface area contributed by atoms with Crippen LogP contribution in [-0.4, -0.2) is 75.8 Å². The molecule has 0 unspecified atom stereocenters. The molecule has 40 heavy (non-hydrogen) atoms. The highest BCUT2D eigenvalue weighted by Crippen LogP contribution is 2.54. The Morgan fingerprint density at radius 3 is 2.38 bits per heavy atom.